The van der Waals surface area contributed by atoms with Crippen LogP contribution >= 0.6 is 11.8 Å². The van der Waals surface area contributed by atoms with Crippen LogP contribution in [0.3, 0.4) is 0 Å². The fraction of sp³-hybridized carbons (Fsp3) is 0.800. The van der Waals surface area contributed by atoms with E-state index < -0.39 is 0 Å². The molecule has 0 bridgehead atoms. The first kappa shape index (κ1) is 18.7. The van der Waals surface area contributed by atoms with Crippen LogP contribution in [0.2, 0.25) is 0 Å². The molecule has 0 spiro atoms. The van der Waals surface area contributed by atoms with Crippen molar-refractivity contribution in [2.24, 2.45) is 5.92 Å². The Labute approximate surface area is 146 Å². The Morgan fingerprint density at radius 3 is 2.67 bits per heavy atom. The molecule has 1 fully saturated rings. The normalized spacial score (nSPS) is 15.8. The topological polar surface area (TPSA) is 90.2 Å². The van der Waals surface area contributed by atoms with Crippen molar-refractivity contribution in [2.45, 2.75) is 45.4 Å². The number of carbonyl (C=O) groups excluding carboxylic acids is 2. The van der Waals surface area contributed by atoms with Crippen molar-refractivity contribution < 1.29 is 14.3 Å². The summed E-state index contributed by atoms with van der Waals surface area (Å²) in [5.74, 6) is 1.68. The molecule has 9 heteroatoms. The lowest BCUT2D eigenvalue weighted by Gasteiger charge is -2.30. The third-order valence-corrected chi connectivity index (χ3v) is 4.89. The van der Waals surface area contributed by atoms with Crippen LogP contribution in [0.4, 0.5) is 0 Å². The van der Waals surface area contributed by atoms with Crippen molar-refractivity contribution in [3.63, 3.8) is 0 Å². The summed E-state index contributed by atoms with van der Waals surface area (Å²) in [6, 6.07) is 0.202. The largest absolute Gasteiger partial charge is 0.466 e. The predicted octanol–water partition coefficient (Wildman–Crippen LogP) is 1.29. The van der Waals surface area contributed by atoms with E-state index in [0.29, 0.717) is 44.0 Å². The third-order valence-electron chi connectivity index (χ3n) is 3.97. The van der Waals surface area contributed by atoms with Gasteiger partial charge in [-0.3, -0.25) is 9.59 Å². The summed E-state index contributed by atoms with van der Waals surface area (Å²) in [6.45, 7) is 7.49. The Morgan fingerprint density at radius 2 is 2.04 bits per heavy atom. The lowest BCUT2D eigenvalue weighted by atomic mass is 9.97. The van der Waals surface area contributed by atoms with E-state index in [-0.39, 0.29) is 23.8 Å². The van der Waals surface area contributed by atoms with Crippen LogP contribution in [0.15, 0.2) is 0 Å². The Morgan fingerprint density at radius 1 is 1.33 bits per heavy atom. The second kappa shape index (κ2) is 9.00. The minimum atomic E-state index is -0.139. The summed E-state index contributed by atoms with van der Waals surface area (Å²) in [4.78, 5) is 25.8. The van der Waals surface area contributed by atoms with Gasteiger partial charge in [0.25, 0.3) is 0 Å². The van der Waals surface area contributed by atoms with Gasteiger partial charge in [0, 0.05) is 13.1 Å². The lowest BCUT2D eigenvalue weighted by Crippen LogP contribution is -2.41. The Hall–Kier alpha value is -1.64. The van der Waals surface area contributed by atoms with Gasteiger partial charge < -0.3 is 9.64 Å². The quantitative estimate of drug-likeness (QED) is 0.681. The summed E-state index contributed by atoms with van der Waals surface area (Å²) in [5, 5.41) is 11.6. The molecule has 1 aliphatic heterocycles. The van der Waals surface area contributed by atoms with E-state index in [9.17, 15) is 9.59 Å². The van der Waals surface area contributed by atoms with Gasteiger partial charge >= 0.3 is 5.97 Å². The van der Waals surface area contributed by atoms with Gasteiger partial charge in [0.2, 0.25) is 5.91 Å². The maximum absolute atomic E-state index is 12.3. The zero-order valence-electron chi connectivity index (χ0n) is 14.5. The molecule has 8 nitrogen and oxygen atoms in total. The molecule has 0 aliphatic carbocycles. The van der Waals surface area contributed by atoms with E-state index in [2.05, 4.69) is 15.5 Å². The molecule has 0 radical (unpaired) electrons. The predicted molar refractivity (Wildman–Crippen MR) is 90.3 cm³/mol. The van der Waals surface area contributed by atoms with E-state index in [1.807, 2.05) is 25.7 Å². The van der Waals surface area contributed by atoms with Gasteiger partial charge in [-0.1, -0.05) is 0 Å². The van der Waals surface area contributed by atoms with E-state index in [4.69, 9.17) is 4.74 Å². The molecule has 134 valence electrons. The average molecular weight is 355 g/mol. The molecule has 1 amide bonds. The molecule has 1 aliphatic rings. The monoisotopic (exact) mass is 355 g/mol. The zero-order chi connectivity index (χ0) is 17.5. The molecule has 24 heavy (non-hydrogen) atoms. The minimum Gasteiger partial charge on any atom is -0.466 e. The van der Waals surface area contributed by atoms with Gasteiger partial charge in [-0.2, -0.15) is 0 Å². The van der Waals surface area contributed by atoms with Crippen molar-refractivity contribution in [3.05, 3.63) is 5.82 Å². The van der Waals surface area contributed by atoms with E-state index >= 15 is 0 Å². The Bertz CT molecular complexity index is 555. The summed E-state index contributed by atoms with van der Waals surface area (Å²) in [7, 11) is 0. The average Bonchev–Trinajstić information content (AvgIpc) is 3.04. The smallest absolute Gasteiger partial charge is 0.309 e. The molecule has 0 aromatic carbocycles. The maximum Gasteiger partial charge on any atom is 0.309 e. The molecule has 1 aromatic heterocycles. The van der Waals surface area contributed by atoms with E-state index in [0.717, 1.165) is 5.82 Å². The number of thioether (sulfide) groups is 1. The molecule has 1 saturated heterocycles. The second-order valence-corrected chi connectivity index (χ2v) is 7.02. The lowest BCUT2D eigenvalue weighted by molar-refractivity contribution is -0.151. The van der Waals surface area contributed by atoms with E-state index in [1.165, 1.54) is 11.8 Å². The zero-order valence-corrected chi connectivity index (χ0v) is 15.3. The first-order valence-corrected chi connectivity index (χ1v) is 9.47. The highest BCUT2D eigenvalue weighted by Gasteiger charge is 2.28. The molecule has 0 saturated carbocycles. The van der Waals surface area contributed by atoms with Gasteiger partial charge in [-0.15, -0.1) is 16.9 Å². The summed E-state index contributed by atoms with van der Waals surface area (Å²) >= 11 is 1.51. The van der Waals surface area contributed by atoms with Crippen molar-refractivity contribution >= 4 is 23.6 Å². The van der Waals surface area contributed by atoms with Crippen molar-refractivity contribution in [1.29, 1.82) is 0 Å². The number of hydrogen-bond donors (Lipinski definition) is 0. The fourth-order valence-electron chi connectivity index (χ4n) is 2.65. The first-order chi connectivity index (χ1) is 11.5. The van der Waals surface area contributed by atoms with Crippen LogP contribution in [0, 0.1) is 5.92 Å². The van der Waals surface area contributed by atoms with Crippen molar-refractivity contribution in [3.8, 4) is 0 Å². The molecule has 2 heterocycles. The number of nitrogens with zero attached hydrogens (tertiary/aromatic N) is 5. The summed E-state index contributed by atoms with van der Waals surface area (Å²) in [5.41, 5.74) is 0. The van der Waals surface area contributed by atoms with Gasteiger partial charge in [0.15, 0.2) is 5.82 Å². The van der Waals surface area contributed by atoms with Crippen LogP contribution in [-0.4, -0.2) is 62.4 Å². The Kier molecular flexibility index (Phi) is 7.01. The fourth-order valence-corrected chi connectivity index (χ4v) is 3.49. The maximum atomic E-state index is 12.3. The number of piperidine rings is 1. The highest BCUT2D eigenvalue weighted by atomic mass is 32.2. The number of tetrazole rings is 1. The number of aromatic nitrogens is 4. The number of hydrogen-bond acceptors (Lipinski definition) is 7. The van der Waals surface area contributed by atoms with E-state index in [1.54, 1.807) is 4.68 Å². The van der Waals surface area contributed by atoms with Crippen molar-refractivity contribution in [2.75, 3.05) is 25.4 Å². The van der Waals surface area contributed by atoms with Crippen molar-refractivity contribution in [1.82, 2.24) is 25.1 Å². The van der Waals surface area contributed by atoms with Gasteiger partial charge in [0.05, 0.1) is 30.1 Å². The number of amides is 1. The number of carbonyl (C=O) groups is 2. The van der Waals surface area contributed by atoms with Gasteiger partial charge in [-0.25, -0.2) is 4.68 Å². The van der Waals surface area contributed by atoms with Crippen LogP contribution in [0.1, 0.15) is 45.5 Å². The molecule has 0 N–H and O–H groups in total. The highest BCUT2D eigenvalue weighted by Crippen LogP contribution is 2.20. The van der Waals surface area contributed by atoms with Gasteiger partial charge in [-0.05, 0) is 44.0 Å². The van der Waals surface area contributed by atoms with Crippen LogP contribution in [0.5, 0.6) is 0 Å². The molecule has 0 unspecified atom stereocenters. The Balaban J connectivity index is 1.72. The molecular formula is C15H25N5O3S. The number of ether oxygens (including phenoxy) is 1. The second-order valence-electron chi connectivity index (χ2n) is 6.03. The molecule has 0 atom stereocenters. The van der Waals surface area contributed by atoms with Gasteiger partial charge in [0.1, 0.15) is 0 Å². The summed E-state index contributed by atoms with van der Waals surface area (Å²) in [6.07, 6.45) is 1.36. The number of rotatable bonds is 7. The highest BCUT2D eigenvalue weighted by molar-refractivity contribution is 7.99. The molecule has 2 rings (SSSR count). The third kappa shape index (κ3) is 4.93. The molecular weight excluding hydrogens is 330 g/mol. The first-order valence-electron chi connectivity index (χ1n) is 8.31. The van der Waals surface area contributed by atoms with Crippen LogP contribution < -0.4 is 0 Å². The van der Waals surface area contributed by atoms with Crippen LogP contribution in [-0.2, 0) is 20.1 Å². The SMILES string of the molecule is CCOC(=O)C1CCN(C(=O)CSCc2nnnn2C(C)C)CC1. The number of likely N-dealkylation sites (tertiary alicyclic amines) is 1. The number of esters is 1. The molecule has 1 aromatic rings. The van der Waals surface area contributed by atoms with Crippen LogP contribution in [0.25, 0.3) is 0 Å². The minimum absolute atomic E-state index is 0.0719. The standard InChI is InChI=1S/C15H25N5O3S/c1-4-23-15(22)12-5-7-19(8-6-12)14(21)10-24-9-13-16-17-18-20(13)11(2)3/h11-12H,4-10H2,1-3H3. The summed E-state index contributed by atoms with van der Waals surface area (Å²) < 4.78 is 6.81.